The van der Waals surface area contributed by atoms with E-state index in [0.717, 1.165) is 0 Å². The number of H-pyrrole nitrogens is 2. The Hall–Kier alpha value is -1.60. The first-order chi connectivity index (χ1) is 7.88. The first-order valence-corrected chi connectivity index (χ1v) is 6.61. The van der Waals surface area contributed by atoms with E-state index in [1.807, 2.05) is 0 Å². The van der Waals surface area contributed by atoms with Crippen LogP contribution in [0, 0.1) is 0 Å². The molecule has 7 heteroatoms. The Balaban J connectivity index is 2.52. The van der Waals surface area contributed by atoms with Gasteiger partial charge in [0.1, 0.15) is 0 Å². The summed E-state index contributed by atoms with van der Waals surface area (Å²) in [5.74, 6) is 0. The molecule has 0 atom stereocenters. The summed E-state index contributed by atoms with van der Waals surface area (Å²) >= 11 is 0. The monoisotopic (exact) mass is 255 g/mol. The van der Waals surface area contributed by atoms with Gasteiger partial charge in [0.15, 0.2) is 0 Å². The number of hydrogen-bond acceptors (Lipinski definition) is 3. The van der Waals surface area contributed by atoms with Gasteiger partial charge < -0.3 is 9.97 Å². The summed E-state index contributed by atoms with van der Waals surface area (Å²) < 4.78 is 26.2. The molecule has 0 aliphatic rings. The summed E-state index contributed by atoms with van der Waals surface area (Å²) in [7, 11) is -3.53. The summed E-state index contributed by atoms with van der Waals surface area (Å²) in [5, 5.41) is 0. The molecule has 0 saturated carbocycles. The van der Waals surface area contributed by atoms with E-state index in [2.05, 4.69) is 14.7 Å². The summed E-state index contributed by atoms with van der Waals surface area (Å²) in [6, 6.07) is 4.26. The van der Waals surface area contributed by atoms with Crippen LogP contribution < -0.4 is 10.4 Å². The van der Waals surface area contributed by atoms with Gasteiger partial charge in [0, 0.05) is 6.04 Å². The number of aromatic nitrogens is 2. The van der Waals surface area contributed by atoms with Crippen molar-refractivity contribution in [3.8, 4) is 0 Å². The van der Waals surface area contributed by atoms with E-state index < -0.39 is 10.0 Å². The lowest BCUT2D eigenvalue weighted by Gasteiger charge is -2.09. The third kappa shape index (κ3) is 2.40. The Labute approximate surface area is 98.1 Å². The third-order valence-electron chi connectivity index (χ3n) is 2.19. The molecule has 0 aliphatic carbocycles. The quantitative estimate of drug-likeness (QED) is 0.747. The molecule has 1 heterocycles. The van der Waals surface area contributed by atoms with Gasteiger partial charge in [0.25, 0.3) is 0 Å². The zero-order chi connectivity index (χ0) is 12.6. The van der Waals surface area contributed by atoms with Crippen LogP contribution in [0.1, 0.15) is 13.8 Å². The smallest absolute Gasteiger partial charge is 0.306 e. The molecule has 1 aromatic heterocycles. The third-order valence-corrected chi connectivity index (χ3v) is 3.84. The number of imidazole rings is 1. The molecular weight excluding hydrogens is 242 g/mol. The van der Waals surface area contributed by atoms with Crippen LogP contribution in [0.3, 0.4) is 0 Å². The fourth-order valence-corrected chi connectivity index (χ4v) is 2.83. The van der Waals surface area contributed by atoms with Gasteiger partial charge in [-0.25, -0.2) is 17.9 Å². The highest BCUT2D eigenvalue weighted by atomic mass is 32.2. The number of rotatable bonds is 3. The average molecular weight is 255 g/mol. The number of aromatic amines is 2. The van der Waals surface area contributed by atoms with E-state index in [0.29, 0.717) is 11.0 Å². The normalized spacial score (nSPS) is 12.4. The van der Waals surface area contributed by atoms with Gasteiger partial charge in [0.2, 0.25) is 10.0 Å². The molecule has 17 heavy (non-hydrogen) atoms. The first kappa shape index (κ1) is 11.9. The van der Waals surface area contributed by atoms with Gasteiger partial charge in [0.05, 0.1) is 15.9 Å². The number of fused-ring (bicyclic) bond motifs is 1. The Kier molecular flexibility index (Phi) is 2.80. The highest BCUT2D eigenvalue weighted by Crippen LogP contribution is 2.15. The SMILES string of the molecule is CC(C)NS(=O)(=O)c1ccc2[nH]c(=O)[nH]c2c1. The molecular formula is C10H13N3O3S. The molecule has 2 aromatic rings. The van der Waals surface area contributed by atoms with Gasteiger partial charge in [-0.3, -0.25) is 0 Å². The van der Waals surface area contributed by atoms with Crippen LogP contribution in [0.5, 0.6) is 0 Å². The zero-order valence-electron chi connectivity index (χ0n) is 9.44. The van der Waals surface area contributed by atoms with E-state index in [9.17, 15) is 13.2 Å². The molecule has 1 aromatic carbocycles. The molecule has 6 nitrogen and oxygen atoms in total. The van der Waals surface area contributed by atoms with Crippen LogP contribution in [0.25, 0.3) is 11.0 Å². The van der Waals surface area contributed by atoms with E-state index in [1.54, 1.807) is 19.9 Å². The second-order valence-corrected chi connectivity index (χ2v) is 5.78. The van der Waals surface area contributed by atoms with E-state index in [1.165, 1.54) is 12.1 Å². The molecule has 0 radical (unpaired) electrons. The van der Waals surface area contributed by atoms with Gasteiger partial charge >= 0.3 is 5.69 Å². The van der Waals surface area contributed by atoms with Gasteiger partial charge in [-0.15, -0.1) is 0 Å². The van der Waals surface area contributed by atoms with Crippen LogP contribution in [0.4, 0.5) is 0 Å². The highest BCUT2D eigenvalue weighted by Gasteiger charge is 2.15. The van der Waals surface area contributed by atoms with Crippen LogP contribution in [-0.4, -0.2) is 24.4 Å². The fourth-order valence-electron chi connectivity index (χ4n) is 1.56. The Morgan fingerprint density at radius 1 is 1.18 bits per heavy atom. The largest absolute Gasteiger partial charge is 0.323 e. The predicted octanol–water partition coefficient (Wildman–Crippen LogP) is 0.543. The van der Waals surface area contributed by atoms with Crippen LogP contribution in [0.15, 0.2) is 27.9 Å². The van der Waals surface area contributed by atoms with E-state index in [-0.39, 0.29) is 16.6 Å². The molecule has 2 rings (SSSR count). The highest BCUT2D eigenvalue weighted by molar-refractivity contribution is 7.89. The van der Waals surface area contributed by atoms with Crippen molar-refractivity contribution in [3.05, 3.63) is 28.7 Å². The lowest BCUT2D eigenvalue weighted by molar-refractivity contribution is 0.570. The minimum Gasteiger partial charge on any atom is -0.306 e. The van der Waals surface area contributed by atoms with Crippen molar-refractivity contribution in [3.63, 3.8) is 0 Å². The minimum absolute atomic E-state index is 0.133. The van der Waals surface area contributed by atoms with Crippen LogP contribution in [0.2, 0.25) is 0 Å². The second kappa shape index (κ2) is 4.01. The maximum Gasteiger partial charge on any atom is 0.323 e. The van der Waals surface area contributed by atoms with Crippen molar-refractivity contribution in [2.75, 3.05) is 0 Å². The maximum absolute atomic E-state index is 11.9. The Morgan fingerprint density at radius 3 is 2.47 bits per heavy atom. The van der Waals surface area contributed by atoms with Crippen LogP contribution >= 0.6 is 0 Å². The minimum atomic E-state index is -3.53. The summed E-state index contributed by atoms with van der Waals surface area (Å²) in [6.07, 6.45) is 0. The molecule has 92 valence electrons. The van der Waals surface area contributed by atoms with Crippen molar-refractivity contribution >= 4 is 21.1 Å². The fraction of sp³-hybridized carbons (Fsp3) is 0.300. The summed E-state index contributed by atoms with van der Waals surface area (Å²) in [6.45, 7) is 3.49. The molecule has 0 bridgehead atoms. The van der Waals surface area contributed by atoms with Crippen molar-refractivity contribution < 1.29 is 8.42 Å². The molecule has 0 amide bonds. The molecule has 0 aliphatic heterocycles. The van der Waals surface area contributed by atoms with Crippen molar-refractivity contribution in [1.82, 2.24) is 14.7 Å². The molecule has 0 spiro atoms. The summed E-state index contributed by atoms with van der Waals surface area (Å²) in [4.78, 5) is 16.3. The lowest BCUT2D eigenvalue weighted by atomic mass is 10.3. The first-order valence-electron chi connectivity index (χ1n) is 5.13. The molecule has 0 unspecified atom stereocenters. The van der Waals surface area contributed by atoms with E-state index in [4.69, 9.17) is 0 Å². The maximum atomic E-state index is 11.9. The van der Waals surface area contributed by atoms with Crippen molar-refractivity contribution in [2.24, 2.45) is 0 Å². The standard InChI is InChI=1S/C10H13N3O3S/c1-6(2)13-17(15,16)7-3-4-8-9(5-7)12-10(14)11-8/h3-6,13H,1-2H3,(H2,11,12,14). The second-order valence-electron chi connectivity index (χ2n) is 4.06. The van der Waals surface area contributed by atoms with Gasteiger partial charge in [-0.2, -0.15) is 0 Å². The average Bonchev–Trinajstić information content (AvgIpc) is 2.54. The van der Waals surface area contributed by atoms with Crippen molar-refractivity contribution in [2.45, 2.75) is 24.8 Å². The molecule has 0 fully saturated rings. The molecule has 3 N–H and O–H groups in total. The van der Waals surface area contributed by atoms with Crippen molar-refractivity contribution in [1.29, 1.82) is 0 Å². The van der Waals surface area contributed by atoms with Gasteiger partial charge in [-0.1, -0.05) is 0 Å². The number of nitrogens with one attached hydrogen (secondary N) is 3. The van der Waals surface area contributed by atoms with Crippen LogP contribution in [-0.2, 0) is 10.0 Å². The van der Waals surface area contributed by atoms with Gasteiger partial charge in [-0.05, 0) is 32.0 Å². The number of hydrogen-bond donors (Lipinski definition) is 3. The predicted molar refractivity (Wildman–Crippen MR) is 64.4 cm³/mol. The molecule has 0 saturated heterocycles. The number of sulfonamides is 1. The zero-order valence-corrected chi connectivity index (χ0v) is 10.3. The number of benzene rings is 1. The Bertz CT molecular complexity index is 697. The Morgan fingerprint density at radius 2 is 1.82 bits per heavy atom. The topological polar surface area (TPSA) is 94.8 Å². The lowest BCUT2D eigenvalue weighted by Crippen LogP contribution is -2.30. The summed E-state index contributed by atoms with van der Waals surface area (Å²) in [5.41, 5.74) is 0.700. The van der Waals surface area contributed by atoms with E-state index >= 15 is 0 Å².